The van der Waals surface area contributed by atoms with Crippen molar-refractivity contribution >= 4 is 15.9 Å². The Bertz CT molecular complexity index is 295. The summed E-state index contributed by atoms with van der Waals surface area (Å²) in [7, 11) is 0. The summed E-state index contributed by atoms with van der Waals surface area (Å²) in [6.45, 7) is 0. The Kier molecular flexibility index (Phi) is 2.32. The van der Waals surface area contributed by atoms with Crippen LogP contribution in [-0.4, -0.2) is 5.11 Å². The van der Waals surface area contributed by atoms with E-state index in [4.69, 9.17) is 5.11 Å². The molecule has 0 aliphatic carbocycles. The van der Waals surface area contributed by atoms with Crippen molar-refractivity contribution in [1.29, 1.82) is 0 Å². The van der Waals surface area contributed by atoms with Gasteiger partial charge in [0.05, 0.1) is 5.56 Å². The number of phenolic OH excluding ortho intramolecular Hbond substituents is 1. The predicted molar refractivity (Wildman–Crippen MR) is 40.9 cm³/mol. The average Bonchev–Trinajstić information content (AvgIpc) is 1.92. The largest absolute Gasteiger partial charge is 0.508 e. The first-order valence-electron chi connectivity index (χ1n) is 2.97. The molecule has 1 rings (SSSR count). The third-order valence-electron chi connectivity index (χ3n) is 1.26. The number of halogens is 4. The van der Waals surface area contributed by atoms with Gasteiger partial charge in [-0.25, -0.2) is 4.39 Å². The summed E-state index contributed by atoms with van der Waals surface area (Å²) >= 11 is 1.99. The molecule has 0 fully saturated rings. The van der Waals surface area contributed by atoms with Crippen molar-refractivity contribution in [1.82, 2.24) is 0 Å². The summed E-state index contributed by atoms with van der Waals surface area (Å²) in [6, 6.07) is 2.45. The summed E-state index contributed by atoms with van der Waals surface area (Å²) < 4.78 is 37.6. The summed E-state index contributed by atoms with van der Waals surface area (Å²) in [5.74, 6) is -1.46. The van der Waals surface area contributed by atoms with Crippen LogP contribution >= 0.6 is 15.9 Å². The molecule has 1 nitrogen and oxygen atoms in total. The van der Waals surface area contributed by atoms with Gasteiger partial charge in [-0.05, 0) is 34.1 Å². The fraction of sp³-hybridized carbons (Fsp3) is 0.143. The van der Waals surface area contributed by atoms with Crippen LogP contribution in [0.4, 0.5) is 13.2 Å². The standard InChI is InChI=1S/C7H4BrF3O/c8-7(10,11)5-3-4(12)1-2-6(5)9/h1-3,12H. The van der Waals surface area contributed by atoms with Crippen LogP contribution in [0, 0.1) is 5.82 Å². The molecule has 0 aliphatic rings. The van der Waals surface area contributed by atoms with Crippen molar-refractivity contribution in [3.8, 4) is 5.75 Å². The van der Waals surface area contributed by atoms with Gasteiger partial charge < -0.3 is 5.11 Å². The maximum Gasteiger partial charge on any atom is 0.329 e. The van der Waals surface area contributed by atoms with Crippen molar-refractivity contribution < 1.29 is 18.3 Å². The molecule has 0 bridgehead atoms. The molecular formula is C7H4BrF3O. The maximum absolute atomic E-state index is 12.6. The van der Waals surface area contributed by atoms with Gasteiger partial charge in [-0.15, -0.1) is 0 Å². The van der Waals surface area contributed by atoms with E-state index in [2.05, 4.69) is 0 Å². The van der Waals surface area contributed by atoms with E-state index in [1.807, 2.05) is 15.9 Å². The Labute approximate surface area is 75.0 Å². The molecule has 1 aromatic carbocycles. The Hall–Kier alpha value is -0.710. The van der Waals surface area contributed by atoms with Crippen LogP contribution in [0.25, 0.3) is 0 Å². The molecule has 5 heteroatoms. The lowest BCUT2D eigenvalue weighted by Gasteiger charge is -2.09. The molecule has 12 heavy (non-hydrogen) atoms. The molecule has 1 N–H and O–H groups in total. The normalized spacial score (nSPS) is 11.7. The highest BCUT2D eigenvalue weighted by Gasteiger charge is 2.30. The van der Waals surface area contributed by atoms with Crippen LogP contribution < -0.4 is 0 Å². The van der Waals surface area contributed by atoms with E-state index < -0.39 is 22.0 Å². The molecule has 66 valence electrons. The molecular weight excluding hydrogens is 237 g/mol. The van der Waals surface area contributed by atoms with Crippen LogP contribution in [0.1, 0.15) is 5.56 Å². The quantitative estimate of drug-likeness (QED) is 0.749. The summed E-state index contributed by atoms with van der Waals surface area (Å²) in [5.41, 5.74) is -0.873. The minimum Gasteiger partial charge on any atom is -0.508 e. The van der Waals surface area contributed by atoms with E-state index in [9.17, 15) is 13.2 Å². The second-order valence-corrected chi connectivity index (χ2v) is 3.16. The predicted octanol–water partition coefficient (Wildman–Crippen LogP) is 2.98. The van der Waals surface area contributed by atoms with Crippen LogP contribution in [0.5, 0.6) is 5.75 Å². The highest BCUT2D eigenvalue weighted by Crippen LogP contribution is 2.37. The van der Waals surface area contributed by atoms with E-state index in [1.54, 1.807) is 0 Å². The molecule has 0 heterocycles. The highest BCUT2D eigenvalue weighted by molar-refractivity contribution is 9.09. The SMILES string of the molecule is Oc1ccc(F)c(C(F)(F)Br)c1. The first kappa shape index (κ1) is 9.38. The fourth-order valence-electron chi connectivity index (χ4n) is 0.730. The van der Waals surface area contributed by atoms with Crippen molar-refractivity contribution in [3.05, 3.63) is 29.6 Å². The number of phenols is 1. The van der Waals surface area contributed by atoms with Crippen molar-refractivity contribution in [2.45, 2.75) is 4.83 Å². The lowest BCUT2D eigenvalue weighted by atomic mass is 10.2. The van der Waals surface area contributed by atoms with Gasteiger partial charge in [0.25, 0.3) is 0 Å². The van der Waals surface area contributed by atoms with Crippen LogP contribution in [-0.2, 0) is 4.83 Å². The number of hydrogen-bond acceptors (Lipinski definition) is 1. The van der Waals surface area contributed by atoms with Gasteiger partial charge in [-0.1, -0.05) is 0 Å². The van der Waals surface area contributed by atoms with Gasteiger partial charge in [0.1, 0.15) is 11.6 Å². The molecule has 0 spiro atoms. The molecule has 0 atom stereocenters. The van der Waals surface area contributed by atoms with Crippen molar-refractivity contribution in [3.63, 3.8) is 0 Å². The van der Waals surface area contributed by atoms with Gasteiger partial charge in [0.2, 0.25) is 0 Å². The monoisotopic (exact) mass is 240 g/mol. The third-order valence-corrected chi connectivity index (χ3v) is 1.68. The van der Waals surface area contributed by atoms with Crippen molar-refractivity contribution in [2.75, 3.05) is 0 Å². The second-order valence-electron chi connectivity index (χ2n) is 2.16. The number of aromatic hydroxyl groups is 1. The summed E-state index contributed by atoms with van der Waals surface area (Å²) in [6.07, 6.45) is 0. The molecule has 0 saturated heterocycles. The molecule has 0 aromatic heterocycles. The number of benzene rings is 1. The molecule has 1 aromatic rings. The number of alkyl halides is 3. The Morgan fingerprint density at radius 1 is 1.33 bits per heavy atom. The van der Waals surface area contributed by atoms with E-state index in [0.29, 0.717) is 6.07 Å². The molecule has 0 aliphatic heterocycles. The van der Waals surface area contributed by atoms with Crippen LogP contribution in [0.15, 0.2) is 18.2 Å². The fourth-order valence-corrected chi connectivity index (χ4v) is 1.03. The Morgan fingerprint density at radius 3 is 2.33 bits per heavy atom. The number of rotatable bonds is 1. The van der Waals surface area contributed by atoms with Gasteiger partial charge >= 0.3 is 4.83 Å². The zero-order chi connectivity index (χ0) is 9.35. The first-order chi connectivity index (χ1) is 5.41. The van der Waals surface area contributed by atoms with E-state index in [1.165, 1.54) is 0 Å². The van der Waals surface area contributed by atoms with Gasteiger partial charge in [-0.3, -0.25) is 0 Å². The zero-order valence-corrected chi connectivity index (χ0v) is 7.28. The Morgan fingerprint density at radius 2 is 1.92 bits per heavy atom. The number of hydrogen-bond donors (Lipinski definition) is 1. The smallest absolute Gasteiger partial charge is 0.329 e. The van der Waals surface area contributed by atoms with Crippen molar-refractivity contribution in [2.24, 2.45) is 0 Å². The van der Waals surface area contributed by atoms with Gasteiger partial charge in [0, 0.05) is 0 Å². The Balaban J connectivity index is 3.23. The van der Waals surface area contributed by atoms with Gasteiger partial charge in [-0.2, -0.15) is 8.78 Å². The van der Waals surface area contributed by atoms with Gasteiger partial charge in [0.15, 0.2) is 0 Å². The lowest BCUT2D eigenvalue weighted by molar-refractivity contribution is 0.109. The minimum atomic E-state index is -3.45. The molecule has 0 unspecified atom stereocenters. The van der Waals surface area contributed by atoms with E-state index in [-0.39, 0.29) is 0 Å². The second kappa shape index (κ2) is 2.97. The summed E-state index contributed by atoms with van der Waals surface area (Å²) in [5, 5.41) is 8.78. The minimum absolute atomic E-state index is 0.398. The van der Waals surface area contributed by atoms with Crippen LogP contribution in [0.3, 0.4) is 0 Å². The maximum atomic E-state index is 12.6. The average molecular weight is 241 g/mol. The van der Waals surface area contributed by atoms with E-state index >= 15 is 0 Å². The topological polar surface area (TPSA) is 20.2 Å². The lowest BCUT2D eigenvalue weighted by Crippen LogP contribution is -2.05. The first-order valence-corrected chi connectivity index (χ1v) is 3.76. The summed E-state index contributed by atoms with van der Waals surface area (Å²) in [4.78, 5) is -3.45. The molecule has 0 radical (unpaired) electrons. The van der Waals surface area contributed by atoms with Crippen LogP contribution in [0.2, 0.25) is 0 Å². The molecule has 0 amide bonds. The highest BCUT2D eigenvalue weighted by atomic mass is 79.9. The third kappa shape index (κ3) is 1.91. The van der Waals surface area contributed by atoms with E-state index in [0.717, 1.165) is 12.1 Å². The zero-order valence-electron chi connectivity index (χ0n) is 5.69. The molecule has 0 saturated carbocycles.